The molecule has 0 atom stereocenters. The van der Waals surface area contributed by atoms with Gasteiger partial charge in [-0.15, -0.1) is 0 Å². The topological polar surface area (TPSA) is 60.2 Å². The molecule has 0 aromatic heterocycles. The van der Waals surface area contributed by atoms with Gasteiger partial charge in [0.05, 0.1) is 4.92 Å². The first kappa shape index (κ1) is 11.7. The number of hydrogen-bond donors (Lipinski definition) is 0. The molecule has 84 valence electrons. The molecule has 1 aromatic rings. The van der Waals surface area contributed by atoms with Crippen molar-refractivity contribution in [2.75, 3.05) is 0 Å². The molecule has 0 saturated carbocycles. The van der Waals surface area contributed by atoms with Crippen LogP contribution in [0, 0.1) is 10.1 Å². The molecule has 6 heteroatoms. The molecular formula is C10H7Br2NO3. The van der Waals surface area contributed by atoms with Crippen molar-refractivity contribution in [1.82, 2.24) is 0 Å². The standard InChI is InChI=1S/C10H7Br2NO3/c11-10(12)5-4-6-7(9(10)14)2-1-3-8(6)13(15)16/h1-3H,4-5H2. The number of nitro benzene ring substituents is 1. The van der Waals surface area contributed by atoms with E-state index in [1.807, 2.05) is 0 Å². The SMILES string of the molecule is O=C1c2cccc([N+](=O)[O-])c2CCC1(Br)Br. The van der Waals surface area contributed by atoms with Crippen LogP contribution in [-0.2, 0) is 6.42 Å². The molecule has 0 N–H and O–H groups in total. The van der Waals surface area contributed by atoms with Crippen molar-refractivity contribution in [3.05, 3.63) is 39.4 Å². The zero-order valence-corrected chi connectivity index (χ0v) is 11.2. The molecule has 0 fully saturated rings. The van der Waals surface area contributed by atoms with Crippen molar-refractivity contribution >= 4 is 43.3 Å². The molecular weight excluding hydrogens is 342 g/mol. The maximum atomic E-state index is 12.0. The van der Waals surface area contributed by atoms with E-state index in [1.54, 1.807) is 6.07 Å². The summed E-state index contributed by atoms with van der Waals surface area (Å²) in [5, 5.41) is 10.8. The molecule has 0 amide bonds. The first-order valence-corrected chi connectivity index (χ1v) is 6.21. The highest BCUT2D eigenvalue weighted by molar-refractivity contribution is 9.26. The van der Waals surface area contributed by atoms with Crippen LogP contribution in [0.4, 0.5) is 5.69 Å². The highest BCUT2D eigenvalue weighted by Gasteiger charge is 2.40. The minimum Gasteiger partial charge on any atom is -0.292 e. The number of alkyl halides is 2. The number of nitro groups is 1. The zero-order valence-electron chi connectivity index (χ0n) is 8.07. The Morgan fingerprint density at radius 3 is 2.69 bits per heavy atom. The zero-order chi connectivity index (χ0) is 11.9. The number of carbonyl (C=O) groups excluding carboxylic acids is 1. The van der Waals surface area contributed by atoms with Crippen LogP contribution in [0.15, 0.2) is 18.2 Å². The molecule has 0 heterocycles. The lowest BCUT2D eigenvalue weighted by atomic mass is 9.89. The molecule has 0 aliphatic heterocycles. The van der Waals surface area contributed by atoms with Crippen LogP contribution < -0.4 is 0 Å². The van der Waals surface area contributed by atoms with E-state index in [1.165, 1.54) is 12.1 Å². The van der Waals surface area contributed by atoms with Gasteiger partial charge in [-0.3, -0.25) is 14.9 Å². The highest BCUT2D eigenvalue weighted by Crippen LogP contribution is 2.42. The summed E-state index contributed by atoms with van der Waals surface area (Å²) >= 11 is 6.57. The summed E-state index contributed by atoms with van der Waals surface area (Å²) in [6, 6.07) is 4.60. The van der Waals surface area contributed by atoms with Gasteiger partial charge in [0.15, 0.2) is 5.78 Å². The number of rotatable bonds is 1. The first-order valence-electron chi connectivity index (χ1n) is 4.62. The van der Waals surface area contributed by atoms with Gasteiger partial charge in [0.2, 0.25) is 0 Å². The van der Waals surface area contributed by atoms with Gasteiger partial charge >= 0.3 is 0 Å². The molecule has 0 radical (unpaired) electrons. The lowest BCUT2D eigenvalue weighted by molar-refractivity contribution is -0.385. The fourth-order valence-electron chi connectivity index (χ4n) is 1.81. The Labute approximate surface area is 108 Å². The summed E-state index contributed by atoms with van der Waals surface area (Å²) in [5.74, 6) is -0.155. The Hall–Kier alpha value is -0.750. The highest BCUT2D eigenvalue weighted by atomic mass is 79.9. The average Bonchev–Trinajstić information content (AvgIpc) is 2.23. The van der Waals surface area contributed by atoms with Crippen molar-refractivity contribution in [2.45, 2.75) is 16.1 Å². The number of benzene rings is 1. The van der Waals surface area contributed by atoms with E-state index in [4.69, 9.17) is 0 Å². The van der Waals surface area contributed by atoms with Crippen molar-refractivity contribution in [2.24, 2.45) is 0 Å². The molecule has 0 bridgehead atoms. The number of fused-ring (bicyclic) bond motifs is 1. The second-order valence-electron chi connectivity index (χ2n) is 3.59. The van der Waals surface area contributed by atoms with Crippen molar-refractivity contribution in [3.8, 4) is 0 Å². The van der Waals surface area contributed by atoms with E-state index >= 15 is 0 Å². The van der Waals surface area contributed by atoms with Crippen LogP contribution in [0.3, 0.4) is 0 Å². The maximum absolute atomic E-state index is 12.0. The summed E-state index contributed by atoms with van der Waals surface area (Å²) in [6.45, 7) is 0. The van der Waals surface area contributed by atoms with E-state index in [0.29, 0.717) is 24.0 Å². The Morgan fingerprint density at radius 2 is 2.06 bits per heavy atom. The number of Topliss-reactive ketones (excluding diaryl/α,β-unsaturated/α-hetero) is 1. The maximum Gasteiger partial charge on any atom is 0.273 e. The van der Waals surface area contributed by atoms with Crippen molar-refractivity contribution in [3.63, 3.8) is 0 Å². The monoisotopic (exact) mass is 347 g/mol. The smallest absolute Gasteiger partial charge is 0.273 e. The minimum atomic E-state index is -0.776. The number of carbonyl (C=O) groups is 1. The van der Waals surface area contributed by atoms with Gasteiger partial charge in [0.1, 0.15) is 3.23 Å². The Morgan fingerprint density at radius 1 is 1.38 bits per heavy atom. The van der Waals surface area contributed by atoms with E-state index in [9.17, 15) is 14.9 Å². The molecule has 1 aromatic carbocycles. The van der Waals surface area contributed by atoms with E-state index < -0.39 is 8.16 Å². The first-order chi connectivity index (χ1) is 7.43. The second kappa shape index (κ2) is 3.92. The summed E-state index contributed by atoms with van der Waals surface area (Å²) < 4.78 is -0.776. The quantitative estimate of drug-likeness (QED) is 0.444. The van der Waals surface area contributed by atoms with E-state index in [2.05, 4.69) is 31.9 Å². The minimum absolute atomic E-state index is 0.0290. The predicted molar refractivity (Wildman–Crippen MR) is 66.3 cm³/mol. The van der Waals surface area contributed by atoms with Gasteiger partial charge in [-0.2, -0.15) is 0 Å². The molecule has 4 nitrogen and oxygen atoms in total. The average molecular weight is 349 g/mol. The Bertz CT molecular complexity index is 485. The number of ketones is 1. The molecule has 0 saturated heterocycles. The van der Waals surface area contributed by atoms with Gasteiger partial charge in [0.25, 0.3) is 5.69 Å². The third-order valence-electron chi connectivity index (χ3n) is 2.61. The molecule has 16 heavy (non-hydrogen) atoms. The fraction of sp³-hybridized carbons (Fsp3) is 0.300. The molecule has 1 aliphatic rings. The van der Waals surface area contributed by atoms with Crippen LogP contribution in [0.5, 0.6) is 0 Å². The lowest BCUT2D eigenvalue weighted by Gasteiger charge is -2.25. The van der Waals surface area contributed by atoms with Crippen LogP contribution in [0.25, 0.3) is 0 Å². The van der Waals surface area contributed by atoms with Gasteiger partial charge in [0, 0.05) is 17.2 Å². The van der Waals surface area contributed by atoms with E-state index in [-0.39, 0.29) is 11.5 Å². The number of halogens is 2. The van der Waals surface area contributed by atoms with Crippen LogP contribution in [0.2, 0.25) is 0 Å². The largest absolute Gasteiger partial charge is 0.292 e. The van der Waals surface area contributed by atoms with Gasteiger partial charge in [-0.05, 0) is 12.8 Å². The number of hydrogen-bond acceptors (Lipinski definition) is 3. The normalized spacial score (nSPS) is 18.0. The third-order valence-corrected chi connectivity index (χ3v) is 4.13. The van der Waals surface area contributed by atoms with Gasteiger partial charge < -0.3 is 0 Å². The summed E-state index contributed by atoms with van der Waals surface area (Å²) in [4.78, 5) is 22.4. The Balaban J connectivity index is 2.60. The van der Waals surface area contributed by atoms with E-state index in [0.717, 1.165) is 0 Å². The second-order valence-corrected chi connectivity index (χ2v) is 7.37. The molecule has 0 unspecified atom stereocenters. The molecule has 2 rings (SSSR count). The summed E-state index contributed by atoms with van der Waals surface area (Å²) in [6.07, 6.45) is 1.01. The van der Waals surface area contributed by atoms with Crippen LogP contribution in [0.1, 0.15) is 22.3 Å². The van der Waals surface area contributed by atoms with Crippen LogP contribution >= 0.6 is 31.9 Å². The summed E-state index contributed by atoms with van der Waals surface area (Å²) in [7, 11) is 0. The predicted octanol–water partition coefficient (Wildman–Crippen LogP) is 3.21. The van der Waals surface area contributed by atoms with Gasteiger partial charge in [-0.25, -0.2) is 0 Å². The number of nitrogens with zero attached hydrogens (tertiary/aromatic N) is 1. The third kappa shape index (κ3) is 1.80. The molecule has 0 spiro atoms. The summed E-state index contributed by atoms with van der Waals surface area (Å²) in [5.41, 5.74) is 0.988. The Kier molecular flexibility index (Phi) is 2.88. The van der Waals surface area contributed by atoms with Crippen molar-refractivity contribution < 1.29 is 9.72 Å². The van der Waals surface area contributed by atoms with Gasteiger partial charge in [-0.1, -0.05) is 44.0 Å². The molecule has 1 aliphatic carbocycles. The lowest BCUT2D eigenvalue weighted by Crippen LogP contribution is -2.31. The fourth-order valence-corrected chi connectivity index (χ4v) is 2.64. The van der Waals surface area contributed by atoms with Crippen LogP contribution in [-0.4, -0.2) is 13.9 Å². The van der Waals surface area contributed by atoms with Crippen molar-refractivity contribution in [1.29, 1.82) is 0 Å².